The van der Waals surface area contributed by atoms with Crippen LogP contribution < -0.4 is 0 Å². The second kappa shape index (κ2) is 5.76. The lowest BCUT2D eigenvalue weighted by atomic mass is 10.4. The minimum Gasteiger partial charge on any atom is -0.214 e. The van der Waals surface area contributed by atoms with Crippen LogP contribution in [0.5, 0.6) is 0 Å². The summed E-state index contributed by atoms with van der Waals surface area (Å²) in [5.41, 5.74) is 0. The van der Waals surface area contributed by atoms with Gasteiger partial charge in [-0.2, -0.15) is 0 Å². The predicted octanol–water partition coefficient (Wildman–Crippen LogP) is 3.32. The first-order chi connectivity index (χ1) is 4.31. The van der Waals surface area contributed by atoms with Gasteiger partial charge in [-0.3, -0.25) is 0 Å². The van der Waals surface area contributed by atoms with E-state index in [4.69, 9.17) is 0 Å². The zero-order valence-corrected chi connectivity index (χ0v) is 6.73. The Balaban J connectivity index is 3.71. The van der Waals surface area contributed by atoms with Gasteiger partial charge in [0.15, 0.2) is 0 Å². The lowest BCUT2D eigenvalue weighted by Gasteiger charge is -1.78. The molecule has 0 aromatic carbocycles. The maximum absolute atomic E-state index is 11.5. The molecule has 0 saturated carbocycles. The van der Waals surface area contributed by atoms with E-state index in [1.165, 1.54) is 0 Å². The SMILES string of the molecule is C\C=C/C=C\C(Br)=C\F. The molecule has 0 fully saturated rings. The normalized spacial score (nSPS) is 13.9. The Hall–Kier alpha value is -0.370. The van der Waals surface area contributed by atoms with Crippen molar-refractivity contribution in [1.29, 1.82) is 0 Å². The van der Waals surface area contributed by atoms with Gasteiger partial charge in [-0.05, 0) is 28.9 Å². The van der Waals surface area contributed by atoms with E-state index in [0.717, 1.165) is 0 Å². The van der Waals surface area contributed by atoms with Gasteiger partial charge in [-0.25, -0.2) is 4.39 Å². The average Bonchev–Trinajstić information content (AvgIpc) is 1.89. The van der Waals surface area contributed by atoms with Gasteiger partial charge in [0.1, 0.15) is 6.33 Å². The molecule has 0 aromatic heterocycles. The van der Waals surface area contributed by atoms with Crippen LogP contribution in [0.25, 0.3) is 0 Å². The molecule has 2 heteroatoms. The second-order valence-electron chi connectivity index (χ2n) is 1.38. The van der Waals surface area contributed by atoms with Crippen LogP contribution in [0.4, 0.5) is 4.39 Å². The summed E-state index contributed by atoms with van der Waals surface area (Å²) in [4.78, 5) is 0. The number of allylic oxidation sites excluding steroid dienone is 5. The number of hydrogen-bond donors (Lipinski definition) is 0. The Kier molecular flexibility index (Phi) is 5.52. The molecule has 0 N–H and O–H groups in total. The van der Waals surface area contributed by atoms with Crippen molar-refractivity contribution in [2.75, 3.05) is 0 Å². The van der Waals surface area contributed by atoms with Crippen molar-refractivity contribution < 1.29 is 4.39 Å². The third-order valence-electron chi connectivity index (χ3n) is 0.663. The molecule has 0 unspecified atom stereocenters. The standard InChI is InChI=1S/C7H8BrF/c1-2-3-4-5-7(8)6-9/h2-6H,1H3/b3-2-,5-4-,7-6-. The molecule has 9 heavy (non-hydrogen) atoms. The van der Waals surface area contributed by atoms with Crippen LogP contribution in [0.15, 0.2) is 35.1 Å². The van der Waals surface area contributed by atoms with Crippen molar-refractivity contribution in [3.05, 3.63) is 35.1 Å². The van der Waals surface area contributed by atoms with E-state index in [2.05, 4.69) is 15.9 Å². The number of halogens is 2. The minimum absolute atomic E-state index is 0.445. The maximum Gasteiger partial charge on any atom is 0.101 e. The van der Waals surface area contributed by atoms with E-state index >= 15 is 0 Å². The molecule has 0 amide bonds. The third kappa shape index (κ3) is 5.50. The lowest BCUT2D eigenvalue weighted by molar-refractivity contribution is 0.720. The molecule has 0 aromatic rings. The fourth-order valence-electron chi connectivity index (χ4n) is 0.295. The first-order valence-electron chi connectivity index (χ1n) is 2.56. The summed E-state index contributed by atoms with van der Waals surface area (Å²) in [5, 5.41) is 0. The Bertz CT molecular complexity index is 145. The number of hydrogen-bond acceptors (Lipinski definition) is 0. The largest absolute Gasteiger partial charge is 0.214 e. The molecule has 0 aliphatic rings. The Labute approximate surface area is 62.9 Å². The van der Waals surface area contributed by atoms with E-state index in [1.807, 2.05) is 19.1 Å². The van der Waals surface area contributed by atoms with E-state index in [0.29, 0.717) is 10.8 Å². The van der Waals surface area contributed by atoms with Gasteiger partial charge in [0, 0.05) is 4.48 Å². The molecule has 0 aliphatic heterocycles. The molecule has 0 heterocycles. The molecule has 50 valence electrons. The van der Waals surface area contributed by atoms with Crippen LogP contribution in [0.2, 0.25) is 0 Å². The van der Waals surface area contributed by atoms with Gasteiger partial charge in [0.2, 0.25) is 0 Å². The van der Waals surface area contributed by atoms with E-state index in [-0.39, 0.29) is 0 Å². The zero-order valence-electron chi connectivity index (χ0n) is 5.14. The van der Waals surface area contributed by atoms with Gasteiger partial charge >= 0.3 is 0 Å². The zero-order chi connectivity index (χ0) is 7.11. The summed E-state index contributed by atoms with van der Waals surface area (Å²) in [6.45, 7) is 1.90. The maximum atomic E-state index is 11.5. The monoisotopic (exact) mass is 190 g/mol. The molecule has 0 atom stereocenters. The van der Waals surface area contributed by atoms with Crippen LogP contribution in [0.1, 0.15) is 6.92 Å². The first kappa shape index (κ1) is 8.63. The molecule has 0 radical (unpaired) electrons. The predicted molar refractivity (Wildman–Crippen MR) is 42.1 cm³/mol. The average molecular weight is 191 g/mol. The minimum atomic E-state index is 0.445. The quantitative estimate of drug-likeness (QED) is 0.587. The van der Waals surface area contributed by atoms with Crippen molar-refractivity contribution in [2.45, 2.75) is 6.92 Å². The molecule has 0 bridgehead atoms. The summed E-state index contributed by atoms with van der Waals surface area (Å²) >= 11 is 2.97. The Morgan fingerprint density at radius 1 is 1.44 bits per heavy atom. The Morgan fingerprint density at radius 2 is 2.11 bits per heavy atom. The lowest BCUT2D eigenvalue weighted by Crippen LogP contribution is -1.55. The smallest absolute Gasteiger partial charge is 0.101 e. The van der Waals surface area contributed by atoms with E-state index in [9.17, 15) is 4.39 Å². The topological polar surface area (TPSA) is 0 Å². The van der Waals surface area contributed by atoms with Crippen LogP contribution in [0, 0.1) is 0 Å². The number of rotatable bonds is 2. The molecule has 0 rings (SSSR count). The van der Waals surface area contributed by atoms with Crippen molar-refractivity contribution in [3.8, 4) is 0 Å². The van der Waals surface area contributed by atoms with Crippen molar-refractivity contribution in [3.63, 3.8) is 0 Å². The van der Waals surface area contributed by atoms with Crippen molar-refractivity contribution >= 4 is 15.9 Å². The molecular weight excluding hydrogens is 183 g/mol. The van der Waals surface area contributed by atoms with E-state index in [1.54, 1.807) is 12.2 Å². The summed E-state index contributed by atoms with van der Waals surface area (Å²) < 4.78 is 12.0. The fraction of sp³-hybridized carbons (Fsp3) is 0.143. The second-order valence-corrected chi connectivity index (χ2v) is 2.29. The highest BCUT2D eigenvalue weighted by Gasteiger charge is 1.77. The molecule has 0 spiro atoms. The highest BCUT2D eigenvalue weighted by molar-refractivity contribution is 9.11. The summed E-state index contributed by atoms with van der Waals surface area (Å²) in [6, 6.07) is 0. The third-order valence-corrected chi connectivity index (χ3v) is 1.10. The van der Waals surface area contributed by atoms with Crippen LogP contribution in [-0.4, -0.2) is 0 Å². The van der Waals surface area contributed by atoms with Gasteiger partial charge in [-0.15, -0.1) is 0 Å². The molecular formula is C7H8BrF. The van der Waals surface area contributed by atoms with Gasteiger partial charge in [0.25, 0.3) is 0 Å². The summed E-state index contributed by atoms with van der Waals surface area (Å²) in [7, 11) is 0. The van der Waals surface area contributed by atoms with Crippen LogP contribution in [-0.2, 0) is 0 Å². The first-order valence-corrected chi connectivity index (χ1v) is 3.35. The highest BCUT2D eigenvalue weighted by Crippen LogP contribution is 2.05. The van der Waals surface area contributed by atoms with E-state index < -0.39 is 0 Å². The van der Waals surface area contributed by atoms with Gasteiger partial charge in [-0.1, -0.05) is 18.2 Å². The summed E-state index contributed by atoms with van der Waals surface area (Å²) in [5.74, 6) is 0. The van der Waals surface area contributed by atoms with Gasteiger partial charge < -0.3 is 0 Å². The Morgan fingerprint density at radius 3 is 2.56 bits per heavy atom. The fourth-order valence-corrected chi connectivity index (χ4v) is 0.448. The van der Waals surface area contributed by atoms with Gasteiger partial charge in [0.05, 0.1) is 0 Å². The van der Waals surface area contributed by atoms with Crippen LogP contribution in [0.3, 0.4) is 0 Å². The van der Waals surface area contributed by atoms with Crippen molar-refractivity contribution in [2.24, 2.45) is 0 Å². The molecule has 0 nitrogen and oxygen atoms in total. The summed E-state index contributed by atoms with van der Waals surface area (Å²) in [6.07, 6.45) is 7.57. The highest BCUT2D eigenvalue weighted by atomic mass is 79.9. The molecule has 0 aliphatic carbocycles. The van der Waals surface area contributed by atoms with Crippen LogP contribution >= 0.6 is 15.9 Å². The van der Waals surface area contributed by atoms with Crippen molar-refractivity contribution in [1.82, 2.24) is 0 Å². The molecule has 0 saturated heterocycles.